The summed E-state index contributed by atoms with van der Waals surface area (Å²) in [6.45, 7) is 2.49. The first-order valence-electron chi connectivity index (χ1n) is 7.94. The van der Waals surface area contributed by atoms with Crippen LogP contribution in [0.25, 0.3) is 5.57 Å². The summed E-state index contributed by atoms with van der Waals surface area (Å²) in [5.41, 5.74) is -0.388. The number of benzene rings is 2. The highest BCUT2D eigenvalue weighted by atomic mass is 19.1. The molecule has 0 radical (unpaired) electrons. The Kier molecular flexibility index (Phi) is 4.71. The first kappa shape index (κ1) is 17.6. The molecule has 1 aliphatic heterocycles. The molecule has 2 aromatic rings. The number of carbonyl (C=O) groups excluding carboxylic acids is 2. The van der Waals surface area contributed by atoms with Crippen molar-refractivity contribution in [2.75, 3.05) is 11.5 Å². The molecule has 0 atom stereocenters. The summed E-state index contributed by atoms with van der Waals surface area (Å²) in [6, 6.07) is 8.70. The predicted molar refractivity (Wildman–Crippen MR) is 90.6 cm³/mol. The number of nitrogens with zero attached hydrogens (tertiary/aromatic N) is 1. The van der Waals surface area contributed by atoms with Gasteiger partial charge in [0.05, 0.1) is 17.9 Å². The second-order valence-electron chi connectivity index (χ2n) is 5.64. The standard InChI is InChI=1S/C19H15F2NO4/c1-2-9-26-13-6-3-11(4-7-13)16-17(23)19(25)22(18(16)24)15-8-5-12(20)10-14(15)21/h3-8,10,23H,2,9H2,1H3. The number of carbonyl (C=O) groups is 2. The first-order valence-corrected chi connectivity index (χ1v) is 7.94. The molecule has 5 nitrogen and oxygen atoms in total. The number of ether oxygens (including phenoxy) is 1. The van der Waals surface area contributed by atoms with Crippen LogP contribution in [0.3, 0.4) is 0 Å². The molecule has 0 bridgehead atoms. The number of hydrogen-bond acceptors (Lipinski definition) is 4. The lowest BCUT2D eigenvalue weighted by Gasteiger charge is -2.15. The van der Waals surface area contributed by atoms with Crippen molar-refractivity contribution in [3.05, 3.63) is 65.4 Å². The van der Waals surface area contributed by atoms with Crippen molar-refractivity contribution in [1.82, 2.24) is 0 Å². The molecule has 1 aliphatic rings. The highest BCUT2D eigenvalue weighted by Crippen LogP contribution is 2.33. The van der Waals surface area contributed by atoms with E-state index in [0.717, 1.165) is 18.6 Å². The van der Waals surface area contributed by atoms with Crippen molar-refractivity contribution in [2.45, 2.75) is 13.3 Å². The van der Waals surface area contributed by atoms with Crippen molar-refractivity contribution in [1.29, 1.82) is 0 Å². The topological polar surface area (TPSA) is 66.8 Å². The van der Waals surface area contributed by atoms with Gasteiger partial charge in [0.15, 0.2) is 5.76 Å². The van der Waals surface area contributed by atoms with Crippen molar-refractivity contribution < 1.29 is 28.2 Å². The number of imide groups is 1. The van der Waals surface area contributed by atoms with Crippen LogP contribution in [-0.2, 0) is 9.59 Å². The Morgan fingerprint density at radius 2 is 1.73 bits per heavy atom. The van der Waals surface area contributed by atoms with Gasteiger partial charge in [-0.05, 0) is 36.2 Å². The first-order chi connectivity index (χ1) is 12.4. The monoisotopic (exact) mass is 359 g/mol. The number of aliphatic hydroxyl groups excluding tert-OH is 1. The van der Waals surface area contributed by atoms with Crippen LogP contribution in [0, 0.1) is 11.6 Å². The molecule has 1 heterocycles. The zero-order chi connectivity index (χ0) is 18.8. The second kappa shape index (κ2) is 6.95. The molecule has 0 aromatic heterocycles. The Bertz CT molecular complexity index is 906. The molecule has 0 aliphatic carbocycles. The minimum absolute atomic E-state index is 0.249. The van der Waals surface area contributed by atoms with Crippen LogP contribution in [0.4, 0.5) is 14.5 Å². The van der Waals surface area contributed by atoms with Gasteiger partial charge in [-0.1, -0.05) is 19.1 Å². The smallest absolute Gasteiger partial charge is 0.301 e. The highest BCUT2D eigenvalue weighted by molar-refractivity contribution is 6.44. The maximum atomic E-state index is 14.0. The van der Waals surface area contributed by atoms with E-state index in [1.807, 2.05) is 6.92 Å². The van der Waals surface area contributed by atoms with E-state index >= 15 is 0 Å². The number of hydrogen-bond donors (Lipinski definition) is 1. The molecular formula is C19H15F2NO4. The third-order valence-electron chi connectivity index (χ3n) is 3.83. The molecule has 7 heteroatoms. The summed E-state index contributed by atoms with van der Waals surface area (Å²) in [7, 11) is 0. The molecule has 2 amide bonds. The van der Waals surface area contributed by atoms with Gasteiger partial charge in [0.25, 0.3) is 5.91 Å². The summed E-state index contributed by atoms with van der Waals surface area (Å²) < 4.78 is 32.5. The van der Waals surface area contributed by atoms with E-state index < -0.39 is 34.9 Å². The molecule has 0 fully saturated rings. The quantitative estimate of drug-likeness (QED) is 0.829. The summed E-state index contributed by atoms with van der Waals surface area (Å²) in [5.74, 6) is -4.09. The van der Waals surface area contributed by atoms with Gasteiger partial charge >= 0.3 is 5.91 Å². The fraction of sp³-hybridized carbons (Fsp3) is 0.158. The maximum absolute atomic E-state index is 14.0. The normalized spacial score (nSPS) is 14.3. The molecular weight excluding hydrogens is 344 g/mol. The lowest BCUT2D eigenvalue weighted by atomic mass is 10.1. The Labute approximate surface area is 148 Å². The van der Waals surface area contributed by atoms with Crippen molar-refractivity contribution in [3.63, 3.8) is 0 Å². The third kappa shape index (κ3) is 3.03. The number of halogens is 2. The van der Waals surface area contributed by atoms with Crippen molar-refractivity contribution in [2.24, 2.45) is 0 Å². The molecule has 2 aromatic carbocycles. The Morgan fingerprint density at radius 1 is 1.04 bits per heavy atom. The van der Waals surface area contributed by atoms with Crippen LogP contribution in [0.2, 0.25) is 0 Å². The Morgan fingerprint density at radius 3 is 2.35 bits per heavy atom. The predicted octanol–water partition coefficient (Wildman–Crippen LogP) is 3.60. The van der Waals surface area contributed by atoms with E-state index in [-0.39, 0.29) is 11.1 Å². The van der Waals surface area contributed by atoms with Crippen LogP contribution in [0.5, 0.6) is 5.75 Å². The van der Waals surface area contributed by atoms with E-state index in [0.29, 0.717) is 23.3 Å². The molecule has 1 N–H and O–H groups in total. The Balaban J connectivity index is 1.94. The molecule has 26 heavy (non-hydrogen) atoms. The largest absolute Gasteiger partial charge is 0.502 e. The zero-order valence-corrected chi connectivity index (χ0v) is 13.8. The summed E-state index contributed by atoms with van der Waals surface area (Å²) in [5, 5.41) is 10.1. The van der Waals surface area contributed by atoms with Crippen LogP contribution in [-0.4, -0.2) is 23.5 Å². The second-order valence-corrected chi connectivity index (χ2v) is 5.64. The van der Waals surface area contributed by atoms with Crippen LogP contribution >= 0.6 is 0 Å². The lowest BCUT2D eigenvalue weighted by molar-refractivity contribution is -0.121. The van der Waals surface area contributed by atoms with Gasteiger partial charge in [-0.25, -0.2) is 13.7 Å². The number of aliphatic hydroxyl groups is 1. The van der Waals surface area contributed by atoms with Crippen LogP contribution < -0.4 is 9.64 Å². The molecule has 0 saturated carbocycles. The van der Waals surface area contributed by atoms with Gasteiger partial charge < -0.3 is 9.84 Å². The molecule has 0 saturated heterocycles. The van der Waals surface area contributed by atoms with Crippen LogP contribution in [0.15, 0.2) is 48.2 Å². The third-order valence-corrected chi connectivity index (χ3v) is 3.83. The Hall–Kier alpha value is -3.22. The number of rotatable bonds is 5. The maximum Gasteiger partial charge on any atom is 0.301 e. The zero-order valence-electron chi connectivity index (χ0n) is 13.8. The van der Waals surface area contributed by atoms with Gasteiger partial charge in [0.2, 0.25) is 0 Å². The van der Waals surface area contributed by atoms with Gasteiger partial charge in [-0.3, -0.25) is 9.59 Å². The number of anilines is 1. The summed E-state index contributed by atoms with van der Waals surface area (Å²) in [4.78, 5) is 25.4. The lowest BCUT2D eigenvalue weighted by Crippen LogP contribution is -2.32. The highest BCUT2D eigenvalue weighted by Gasteiger charge is 2.41. The average Bonchev–Trinajstić information content (AvgIpc) is 2.84. The van der Waals surface area contributed by atoms with Gasteiger partial charge in [-0.2, -0.15) is 0 Å². The van der Waals surface area contributed by atoms with E-state index in [9.17, 15) is 23.5 Å². The average molecular weight is 359 g/mol. The van der Waals surface area contributed by atoms with Gasteiger partial charge in [0, 0.05) is 6.07 Å². The van der Waals surface area contributed by atoms with Gasteiger partial charge in [0.1, 0.15) is 17.4 Å². The van der Waals surface area contributed by atoms with E-state index in [4.69, 9.17) is 4.74 Å². The fourth-order valence-electron chi connectivity index (χ4n) is 2.60. The fourth-order valence-corrected chi connectivity index (χ4v) is 2.60. The van der Waals surface area contributed by atoms with E-state index in [1.165, 1.54) is 12.1 Å². The SMILES string of the molecule is CCCOc1ccc(C2=C(O)C(=O)N(c3ccc(F)cc3F)C2=O)cc1. The number of amides is 2. The van der Waals surface area contributed by atoms with Crippen molar-refractivity contribution in [3.8, 4) is 5.75 Å². The molecule has 134 valence electrons. The van der Waals surface area contributed by atoms with Gasteiger partial charge in [-0.15, -0.1) is 0 Å². The molecule has 3 rings (SSSR count). The van der Waals surface area contributed by atoms with E-state index in [2.05, 4.69) is 0 Å². The molecule has 0 unspecified atom stereocenters. The summed E-state index contributed by atoms with van der Waals surface area (Å²) >= 11 is 0. The minimum atomic E-state index is -1.08. The van der Waals surface area contributed by atoms with Crippen LogP contribution in [0.1, 0.15) is 18.9 Å². The summed E-state index contributed by atoms with van der Waals surface area (Å²) in [6.07, 6.45) is 0.832. The molecule has 0 spiro atoms. The van der Waals surface area contributed by atoms with Crippen molar-refractivity contribution >= 4 is 23.1 Å². The minimum Gasteiger partial charge on any atom is -0.502 e. The van der Waals surface area contributed by atoms with E-state index in [1.54, 1.807) is 12.1 Å².